The normalized spacial score (nSPS) is 14.9. The lowest BCUT2D eigenvalue weighted by atomic mass is 10.1. The Labute approximate surface area is 98.8 Å². The zero-order chi connectivity index (χ0) is 12.6. The van der Waals surface area contributed by atoms with Gasteiger partial charge in [-0.05, 0) is 32.2 Å². The monoisotopic (exact) mass is 230 g/mol. The Bertz CT molecular complexity index is 195. The van der Waals surface area contributed by atoms with E-state index in [1.54, 1.807) is 0 Å². The summed E-state index contributed by atoms with van der Waals surface area (Å²) in [6, 6.07) is 0.204. The molecule has 0 aliphatic carbocycles. The Kier molecular flexibility index (Phi) is 8.21. The first kappa shape index (κ1) is 15.4. The van der Waals surface area contributed by atoms with Crippen LogP contribution in [0.2, 0.25) is 0 Å². The second-order valence-corrected chi connectivity index (χ2v) is 4.63. The van der Waals surface area contributed by atoms with E-state index in [1.165, 1.54) is 0 Å². The van der Waals surface area contributed by atoms with Crippen molar-refractivity contribution in [3.8, 4) is 0 Å². The molecule has 4 heteroatoms. The number of aliphatic hydroxyl groups is 1. The molecular weight excluding hydrogens is 204 g/mol. The minimum absolute atomic E-state index is 0.0205. The van der Waals surface area contributed by atoms with Gasteiger partial charge >= 0.3 is 0 Å². The lowest BCUT2D eigenvalue weighted by molar-refractivity contribution is -0.121. The van der Waals surface area contributed by atoms with E-state index in [4.69, 9.17) is 0 Å². The summed E-state index contributed by atoms with van der Waals surface area (Å²) in [5.41, 5.74) is 0. The van der Waals surface area contributed by atoms with Crippen molar-refractivity contribution < 1.29 is 9.90 Å². The van der Waals surface area contributed by atoms with Crippen LogP contribution in [0, 0.1) is 5.92 Å². The van der Waals surface area contributed by atoms with E-state index >= 15 is 0 Å². The van der Waals surface area contributed by atoms with Crippen molar-refractivity contribution in [2.24, 2.45) is 5.92 Å². The number of aliphatic hydroxyl groups excluding tert-OH is 1. The number of rotatable bonds is 8. The van der Waals surface area contributed by atoms with Gasteiger partial charge in [-0.3, -0.25) is 4.79 Å². The van der Waals surface area contributed by atoms with Crippen LogP contribution in [0.4, 0.5) is 0 Å². The van der Waals surface area contributed by atoms with Crippen LogP contribution >= 0.6 is 0 Å². The molecule has 0 aliphatic rings. The summed E-state index contributed by atoms with van der Waals surface area (Å²) in [5, 5.41) is 15.2. The molecule has 2 atom stereocenters. The van der Waals surface area contributed by atoms with Gasteiger partial charge in [0.15, 0.2) is 0 Å². The maximum Gasteiger partial charge on any atom is 0.234 e. The van der Waals surface area contributed by atoms with Crippen LogP contribution in [0.5, 0.6) is 0 Å². The summed E-state index contributed by atoms with van der Waals surface area (Å²) >= 11 is 0. The van der Waals surface area contributed by atoms with Crippen LogP contribution in [0.3, 0.4) is 0 Å². The van der Waals surface area contributed by atoms with Gasteiger partial charge in [0.1, 0.15) is 0 Å². The Morgan fingerprint density at radius 2 is 1.94 bits per heavy atom. The maximum atomic E-state index is 11.4. The third-order valence-electron chi connectivity index (χ3n) is 2.80. The Balaban J connectivity index is 3.51. The van der Waals surface area contributed by atoms with Crippen LogP contribution < -0.4 is 10.6 Å². The SMILES string of the molecule is CCC(O)CCNCC(=O)NC(C)C(C)C. The van der Waals surface area contributed by atoms with E-state index in [2.05, 4.69) is 24.5 Å². The molecule has 1 amide bonds. The number of hydrogen-bond donors (Lipinski definition) is 3. The van der Waals surface area contributed by atoms with Gasteiger partial charge in [-0.15, -0.1) is 0 Å². The molecule has 0 aromatic rings. The summed E-state index contributed by atoms with van der Waals surface area (Å²) in [6.07, 6.45) is 1.20. The number of carbonyl (C=O) groups is 1. The molecule has 0 radical (unpaired) electrons. The van der Waals surface area contributed by atoms with Gasteiger partial charge in [0.05, 0.1) is 12.6 Å². The van der Waals surface area contributed by atoms with Gasteiger partial charge in [0.2, 0.25) is 5.91 Å². The van der Waals surface area contributed by atoms with Gasteiger partial charge in [0.25, 0.3) is 0 Å². The van der Waals surface area contributed by atoms with Gasteiger partial charge < -0.3 is 15.7 Å². The van der Waals surface area contributed by atoms with E-state index < -0.39 is 0 Å². The molecule has 0 spiro atoms. The average Bonchev–Trinajstić information content (AvgIpc) is 2.23. The Morgan fingerprint density at radius 3 is 2.44 bits per heavy atom. The zero-order valence-corrected chi connectivity index (χ0v) is 10.9. The minimum atomic E-state index is -0.259. The highest BCUT2D eigenvalue weighted by molar-refractivity contribution is 5.78. The van der Waals surface area contributed by atoms with Crippen molar-refractivity contribution >= 4 is 5.91 Å². The fourth-order valence-electron chi connectivity index (χ4n) is 1.15. The zero-order valence-electron chi connectivity index (χ0n) is 10.9. The molecule has 0 aromatic heterocycles. The maximum absolute atomic E-state index is 11.4. The van der Waals surface area contributed by atoms with Crippen molar-refractivity contribution in [3.05, 3.63) is 0 Å². The highest BCUT2D eigenvalue weighted by Crippen LogP contribution is 1.98. The quantitative estimate of drug-likeness (QED) is 0.543. The third kappa shape index (κ3) is 7.65. The molecule has 3 N–H and O–H groups in total. The summed E-state index contributed by atoms with van der Waals surface area (Å²) in [5.74, 6) is 0.470. The van der Waals surface area contributed by atoms with E-state index in [0.29, 0.717) is 25.4 Å². The van der Waals surface area contributed by atoms with E-state index in [1.807, 2.05) is 13.8 Å². The standard InChI is InChI=1S/C12H26N2O2/c1-5-11(15)6-7-13-8-12(16)14-10(4)9(2)3/h9-11,13,15H,5-8H2,1-4H3,(H,14,16). The molecule has 96 valence electrons. The molecule has 4 nitrogen and oxygen atoms in total. The fraction of sp³-hybridized carbons (Fsp3) is 0.917. The highest BCUT2D eigenvalue weighted by atomic mass is 16.3. The molecule has 0 heterocycles. The van der Waals surface area contributed by atoms with Gasteiger partial charge in [0, 0.05) is 6.04 Å². The fourth-order valence-corrected chi connectivity index (χ4v) is 1.15. The Morgan fingerprint density at radius 1 is 1.31 bits per heavy atom. The predicted octanol–water partition coefficient (Wildman–Crippen LogP) is 0.898. The van der Waals surface area contributed by atoms with Crippen molar-refractivity contribution in [3.63, 3.8) is 0 Å². The summed E-state index contributed by atoms with van der Waals surface area (Å²) in [7, 11) is 0. The molecular formula is C12H26N2O2. The summed E-state index contributed by atoms with van der Waals surface area (Å²) < 4.78 is 0. The lowest BCUT2D eigenvalue weighted by Crippen LogP contribution is -2.41. The lowest BCUT2D eigenvalue weighted by Gasteiger charge is -2.17. The average molecular weight is 230 g/mol. The van der Waals surface area contributed by atoms with Crippen LogP contribution in [0.15, 0.2) is 0 Å². The van der Waals surface area contributed by atoms with Gasteiger partial charge in [-0.2, -0.15) is 0 Å². The summed E-state index contributed by atoms with van der Waals surface area (Å²) in [6.45, 7) is 9.11. The molecule has 0 bridgehead atoms. The van der Waals surface area contributed by atoms with E-state index in [9.17, 15) is 9.90 Å². The number of amides is 1. The second kappa shape index (κ2) is 8.53. The first-order chi connectivity index (χ1) is 7.47. The number of carbonyl (C=O) groups excluding carboxylic acids is 1. The first-order valence-electron chi connectivity index (χ1n) is 6.15. The third-order valence-corrected chi connectivity index (χ3v) is 2.80. The molecule has 16 heavy (non-hydrogen) atoms. The predicted molar refractivity (Wildman–Crippen MR) is 66.2 cm³/mol. The molecule has 0 aromatic carbocycles. The van der Waals surface area contributed by atoms with Crippen molar-refractivity contribution in [1.82, 2.24) is 10.6 Å². The molecule has 0 fully saturated rings. The number of nitrogens with one attached hydrogen (secondary N) is 2. The smallest absolute Gasteiger partial charge is 0.234 e. The minimum Gasteiger partial charge on any atom is -0.393 e. The summed E-state index contributed by atoms with van der Waals surface area (Å²) in [4.78, 5) is 11.4. The number of hydrogen-bond acceptors (Lipinski definition) is 3. The molecule has 0 saturated carbocycles. The molecule has 0 rings (SSSR count). The first-order valence-corrected chi connectivity index (χ1v) is 6.15. The molecule has 0 aliphatic heterocycles. The van der Waals surface area contributed by atoms with Crippen LogP contribution in [0.25, 0.3) is 0 Å². The molecule has 2 unspecified atom stereocenters. The van der Waals surface area contributed by atoms with Crippen molar-refractivity contribution in [2.75, 3.05) is 13.1 Å². The van der Waals surface area contributed by atoms with Crippen LogP contribution in [-0.2, 0) is 4.79 Å². The van der Waals surface area contributed by atoms with Crippen molar-refractivity contribution in [2.45, 2.75) is 52.7 Å². The topological polar surface area (TPSA) is 61.4 Å². The van der Waals surface area contributed by atoms with Crippen molar-refractivity contribution in [1.29, 1.82) is 0 Å². The Hall–Kier alpha value is -0.610. The van der Waals surface area contributed by atoms with Gasteiger partial charge in [-0.25, -0.2) is 0 Å². The van der Waals surface area contributed by atoms with E-state index in [-0.39, 0.29) is 18.1 Å². The molecule has 0 saturated heterocycles. The van der Waals surface area contributed by atoms with E-state index in [0.717, 1.165) is 6.42 Å². The van der Waals surface area contributed by atoms with Crippen LogP contribution in [0.1, 0.15) is 40.5 Å². The largest absolute Gasteiger partial charge is 0.393 e. The van der Waals surface area contributed by atoms with Gasteiger partial charge in [-0.1, -0.05) is 20.8 Å². The second-order valence-electron chi connectivity index (χ2n) is 4.63. The van der Waals surface area contributed by atoms with Crippen LogP contribution in [-0.4, -0.2) is 36.2 Å². The highest BCUT2D eigenvalue weighted by Gasteiger charge is 2.10.